The number of fused-ring (bicyclic) bond motifs is 1. The third-order valence-electron chi connectivity index (χ3n) is 3.95. The second-order valence-corrected chi connectivity index (χ2v) is 5.57. The van der Waals surface area contributed by atoms with Crippen LogP contribution >= 0.6 is 0 Å². The second-order valence-electron chi connectivity index (χ2n) is 5.57. The molecule has 2 heterocycles. The molecule has 6 heteroatoms. The Morgan fingerprint density at radius 2 is 2.04 bits per heavy atom. The summed E-state index contributed by atoms with van der Waals surface area (Å²) < 4.78 is 7.30. The first-order chi connectivity index (χ1) is 11.3. The molecule has 1 atom stereocenters. The van der Waals surface area contributed by atoms with E-state index in [-0.39, 0.29) is 6.04 Å². The van der Waals surface area contributed by atoms with Gasteiger partial charge in [-0.15, -0.1) is 5.10 Å². The molecule has 6 nitrogen and oxygen atoms in total. The SMILES string of the molecule is CC(Nc1ccc2c(c1)CCO2)c1nnnn1-c1ccccc1. The molecule has 4 rings (SSSR count). The number of aromatic nitrogens is 4. The van der Waals surface area contributed by atoms with E-state index in [1.54, 1.807) is 4.68 Å². The number of nitrogens with zero attached hydrogens (tertiary/aromatic N) is 4. The molecule has 1 unspecified atom stereocenters. The first-order valence-electron chi connectivity index (χ1n) is 7.67. The fourth-order valence-electron chi connectivity index (χ4n) is 2.81. The van der Waals surface area contributed by atoms with Crippen LogP contribution in [0.5, 0.6) is 5.75 Å². The molecule has 0 bridgehead atoms. The van der Waals surface area contributed by atoms with Crippen LogP contribution in [-0.2, 0) is 6.42 Å². The van der Waals surface area contributed by atoms with Gasteiger partial charge in [-0.25, -0.2) is 0 Å². The average molecular weight is 307 g/mol. The second kappa shape index (κ2) is 5.72. The summed E-state index contributed by atoms with van der Waals surface area (Å²) in [5, 5.41) is 15.6. The molecule has 1 aromatic heterocycles. The molecule has 0 saturated carbocycles. The molecule has 3 aromatic rings. The normalized spacial score (nSPS) is 14.1. The molecule has 0 saturated heterocycles. The van der Waals surface area contributed by atoms with Gasteiger partial charge in [-0.05, 0) is 53.2 Å². The Morgan fingerprint density at radius 1 is 1.17 bits per heavy atom. The molecule has 0 aliphatic carbocycles. The van der Waals surface area contributed by atoms with Crippen molar-refractivity contribution >= 4 is 5.69 Å². The van der Waals surface area contributed by atoms with Crippen molar-refractivity contribution in [1.29, 1.82) is 0 Å². The van der Waals surface area contributed by atoms with E-state index in [1.807, 2.05) is 42.5 Å². The van der Waals surface area contributed by atoms with Crippen molar-refractivity contribution in [3.63, 3.8) is 0 Å². The number of tetrazole rings is 1. The molecule has 1 N–H and O–H groups in total. The van der Waals surface area contributed by atoms with Crippen LogP contribution in [0.1, 0.15) is 24.4 Å². The largest absolute Gasteiger partial charge is 0.493 e. The lowest BCUT2D eigenvalue weighted by atomic mass is 10.1. The van der Waals surface area contributed by atoms with Crippen molar-refractivity contribution < 1.29 is 4.74 Å². The Bertz CT molecular complexity index is 815. The maximum Gasteiger partial charge on any atom is 0.178 e. The van der Waals surface area contributed by atoms with Crippen molar-refractivity contribution in [3.05, 3.63) is 59.9 Å². The highest BCUT2D eigenvalue weighted by molar-refractivity contribution is 5.53. The Morgan fingerprint density at radius 3 is 2.91 bits per heavy atom. The lowest BCUT2D eigenvalue weighted by Crippen LogP contribution is -2.13. The maximum absolute atomic E-state index is 5.54. The van der Waals surface area contributed by atoms with Gasteiger partial charge in [0.1, 0.15) is 5.75 Å². The van der Waals surface area contributed by atoms with Crippen LogP contribution in [-0.4, -0.2) is 26.8 Å². The van der Waals surface area contributed by atoms with Crippen LogP contribution in [0.3, 0.4) is 0 Å². The van der Waals surface area contributed by atoms with Crippen LogP contribution in [0.2, 0.25) is 0 Å². The summed E-state index contributed by atoms with van der Waals surface area (Å²) in [6.07, 6.45) is 0.959. The van der Waals surface area contributed by atoms with Gasteiger partial charge in [-0.2, -0.15) is 4.68 Å². The van der Waals surface area contributed by atoms with E-state index in [4.69, 9.17) is 4.74 Å². The molecule has 116 valence electrons. The number of anilines is 1. The highest BCUT2D eigenvalue weighted by Crippen LogP contribution is 2.29. The molecular weight excluding hydrogens is 290 g/mol. The summed E-state index contributed by atoms with van der Waals surface area (Å²) in [5.74, 6) is 1.75. The van der Waals surface area contributed by atoms with Gasteiger partial charge >= 0.3 is 0 Å². The third-order valence-corrected chi connectivity index (χ3v) is 3.95. The fraction of sp³-hybridized carbons (Fsp3) is 0.235. The topological polar surface area (TPSA) is 64.9 Å². The van der Waals surface area contributed by atoms with Crippen molar-refractivity contribution in [2.75, 3.05) is 11.9 Å². The molecule has 2 aromatic carbocycles. The van der Waals surface area contributed by atoms with E-state index >= 15 is 0 Å². The van der Waals surface area contributed by atoms with Gasteiger partial charge in [0.15, 0.2) is 5.82 Å². The summed E-state index contributed by atoms with van der Waals surface area (Å²) in [6.45, 7) is 2.81. The van der Waals surface area contributed by atoms with Gasteiger partial charge in [0.25, 0.3) is 0 Å². The van der Waals surface area contributed by atoms with Crippen LogP contribution in [0, 0.1) is 0 Å². The van der Waals surface area contributed by atoms with Crippen molar-refractivity contribution in [3.8, 4) is 11.4 Å². The Labute approximate surface area is 134 Å². The monoisotopic (exact) mass is 307 g/mol. The quantitative estimate of drug-likeness (QED) is 0.803. The fourth-order valence-corrected chi connectivity index (χ4v) is 2.81. The van der Waals surface area contributed by atoms with E-state index in [2.05, 4.69) is 33.8 Å². The number of nitrogens with one attached hydrogen (secondary N) is 1. The molecule has 23 heavy (non-hydrogen) atoms. The van der Waals surface area contributed by atoms with Crippen LogP contribution in [0.15, 0.2) is 48.5 Å². The molecule has 0 fully saturated rings. The van der Waals surface area contributed by atoms with Gasteiger partial charge in [0.2, 0.25) is 0 Å². The number of rotatable bonds is 4. The predicted molar refractivity (Wildman–Crippen MR) is 86.8 cm³/mol. The average Bonchev–Trinajstić information content (AvgIpc) is 3.24. The lowest BCUT2D eigenvalue weighted by Gasteiger charge is -2.15. The molecule has 0 spiro atoms. The zero-order chi connectivity index (χ0) is 15.6. The van der Waals surface area contributed by atoms with Gasteiger partial charge in [-0.1, -0.05) is 18.2 Å². The molecule has 0 amide bonds. The molecule has 0 radical (unpaired) electrons. The van der Waals surface area contributed by atoms with Gasteiger partial charge < -0.3 is 10.1 Å². The van der Waals surface area contributed by atoms with Gasteiger partial charge in [0.05, 0.1) is 18.3 Å². The summed E-state index contributed by atoms with van der Waals surface area (Å²) in [5.41, 5.74) is 3.23. The molecule has 1 aliphatic rings. The number of ether oxygens (including phenoxy) is 1. The highest BCUT2D eigenvalue weighted by atomic mass is 16.5. The Balaban J connectivity index is 1.58. The predicted octanol–water partition coefficient (Wildman–Crippen LogP) is 2.77. The van der Waals surface area contributed by atoms with Crippen molar-refractivity contribution in [2.24, 2.45) is 0 Å². The number of benzene rings is 2. The van der Waals surface area contributed by atoms with Crippen LogP contribution < -0.4 is 10.1 Å². The van der Waals surface area contributed by atoms with E-state index in [9.17, 15) is 0 Å². The Kier molecular flexibility index (Phi) is 3.42. The summed E-state index contributed by atoms with van der Waals surface area (Å²) in [6, 6.07) is 16.0. The maximum atomic E-state index is 5.54. The molecule has 1 aliphatic heterocycles. The van der Waals surface area contributed by atoms with E-state index in [0.717, 1.165) is 36.0 Å². The van der Waals surface area contributed by atoms with Crippen molar-refractivity contribution in [2.45, 2.75) is 19.4 Å². The third kappa shape index (κ3) is 2.63. The first kappa shape index (κ1) is 13.8. The van der Waals surface area contributed by atoms with E-state index in [1.165, 1.54) is 5.56 Å². The molecular formula is C17H17N5O. The van der Waals surface area contributed by atoms with Crippen molar-refractivity contribution in [1.82, 2.24) is 20.2 Å². The standard InChI is InChI=1S/C17H17N5O/c1-12(18-14-7-8-16-13(11-14)9-10-23-16)17-19-20-21-22(17)15-5-3-2-4-6-15/h2-8,11-12,18H,9-10H2,1H3. The smallest absolute Gasteiger partial charge is 0.178 e. The number of para-hydroxylation sites is 1. The minimum absolute atomic E-state index is 0.0226. The minimum atomic E-state index is -0.0226. The number of hydrogen-bond acceptors (Lipinski definition) is 5. The lowest BCUT2D eigenvalue weighted by molar-refractivity contribution is 0.357. The minimum Gasteiger partial charge on any atom is -0.493 e. The van der Waals surface area contributed by atoms with Gasteiger partial charge in [-0.3, -0.25) is 0 Å². The number of hydrogen-bond donors (Lipinski definition) is 1. The van der Waals surface area contributed by atoms with E-state index < -0.39 is 0 Å². The van der Waals surface area contributed by atoms with Gasteiger partial charge in [0, 0.05) is 12.1 Å². The summed E-state index contributed by atoms with van der Waals surface area (Å²) >= 11 is 0. The zero-order valence-corrected chi connectivity index (χ0v) is 12.8. The summed E-state index contributed by atoms with van der Waals surface area (Å²) in [7, 11) is 0. The first-order valence-corrected chi connectivity index (χ1v) is 7.67. The van der Waals surface area contributed by atoms with E-state index in [0.29, 0.717) is 0 Å². The Hall–Kier alpha value is -2.89. The zero-order valence-electron chi connectivity index (χ0n) is 12.8. The summed E-state index contributed by atoms with van der Waals surface area (Å²) in [4.78, 5) is 0. The highest BCUT2D eigenvalue weighted by Gasteiger charge is 2.17. The van der Waals surface area contributed by atoms with Crippen LogP contribution in [0.25, 0.3) is 5.69 Å². The van der Waals surface area contributed by atoms with Crippen LogP contribution in [0.4, 0.5) is 5.69 Å².